The molecule has 0 saturated carbocycles. The van der Waals surface area contributed by atoms with Crippen molar-refractivity contribution in [3.8, 4) is 0 Å². The van der Waals surface area contributed by atoms with Gasteiger partial charge < -0.3 is 15.7 Å². The lowest BCUT2D eigenvalue weighted by molar-refractivity contribution is -0.116. The highest BCUT2D eigenvalue weighted by Gasteiger charge is 2.16. The van der Waals surface area contributed by atoms with Gasteiger partial charge in [0.05, 0.1) is 10.8 Å². The maximum absolute atomic E-state index is 12.5. The molecule has 0 radical (unpaired) electrons. The highest BCUT2D eigenvalue weighted by Crippen LogP contribution is 2.26. The minimum absolute atomic E-state index is 0.0189. The first-order valence-corrected chi connectivity index (χ1v) is 9.89. The summed E-state index contributed by atoms with van der Waals surface area (Å²) in [5.74, 6) is -1.27. The molecular formula is C21H24N2O4S. The summed E-state index contributed by atoms with van der Waals surface area (Å²) in [7, 11) is 0. The topological polar surface area (TPSA) is 95.5 Å². The molecule has 0 spiro atoms. The predicted octanol–water partition coefficient (Wildman–Crippen LogP) is 4.55. The van der Waals surface area contributed by atoms with E-state index in [9.17, 15) is 14.4 Å². The van der Waals surface area contributed by atoms with Gasteiger partial charge in [-0.05, 0) is 62.2 Å². The lowest BCUT2D eigenvalue weighted by Crippen LogP contribution is -2.23. The molecule has 2 amide bonds. The number of rotatable bonds is 8. The van der Waals surface area contributed by atoms with Gasteiger partial charge in [-0.1, -0.05) is 13.0 Å². The van der Waals surface area contributed by atoms with Gasteiger partial charge in [0.15, 0.2) is 0 Å². The van der Waals surface area contributed by atoms with Gasteiger partial charge in [-0.15, -0.1) is 11.8 Å². The number of carboxylic acids is 1. The SMILES string of the molecule is CCCC(=O)Nc1ccc(SC(C)C(=O)Nc2cc(C(=O)O)ccc2C)cc1. The molecule has 0 aliphatic heterocycles. The monoisotopic (exact) mass is 400 g/mol. The van der Waals surface area contributed by atoms with Crippen LogP contribution in [0.3, 0.4) is 0 Å². The second-order valence-corrected chi connectivity index (χ2v) is 7.82. The molecule has 0 heterocycles. The molecule has 2 aromatic carbocycles. The van der Waals surface area contributed by atoms with Crippen LogP contribution in [0.1, 0.15) is 42.6 Å². The van der Waals surface area contributed by atoms with Crippen LogP contribution in [0.25, 0.3) is 0 Å². The minimum Gasteiger partial charge on any atom is -0.478 e. The number of aromatic carboxylic acids is 1. The molecule has 7 heteroatoms. The fourth-order valence-electron chi connectivity index (χ4n) is 2.45. The van der Waals surface area contributed by atoms with Crippen molar-refractivity contribution in [2.24, 2.45) is 0 Å². The number of anilines is 2. The predicted molar refractivity (Wildman–Crippen MR) is 112 cm³/mol. The molecule has 0 saturated heterocycles. The molecule has 0 aromatic heterocycles. The molecule has 2 aromatic rings. The fraction of sp³-hybridized carbons (Fsp3) is 0.286. The van der Waals surface area contributed by atoms with Crippen molar-refractivity contribution in [3.63, 3.8) is 0 Å². The Bertz CT molecular complexity index is 865. The molecule has 0 bridgehead atoms. The number of hydrogen-bond donors (Lipinski definition) is 3. The van der Waals surface area contributed by atoms with Crippen LogP contribution in [0, 0.1) is 6.92 Å². The number of nitrogens with one attached hydrogen (secondary N) is 2. The van der Waals surface area contributed by atoms with Crippen LogP contribution in [-0.2, 0) is 9.59 Å². The first-order chi connectivity index (χ1) is 13.3. The van der Waals surface area contributed by atoms with Crippen molar-refractivity contribution in [2.45, 2.75) is 43.8 Å². The van der Waals surface area contributed by atoms with Gasteiger partial charge in [0.2, 0.25) is 11.8 Å². The van der Waals surface area contributed by atoms with Gasteiger partial charge in [0.1, 0.15) is 0 Å². The molecule has 6 nitrogen and oxygen atoms in total. The number of carbonyl (C=O) groups excluding carboxylic acids is 2. The normalized spacial score (nSPS) is 11.5. The maximum atomic E-state index is 12.5. The summed E-state index contributed by atoms with van der Waals surface area (Å²) in [6.07, 6.45) is 1.28. The molecular weight excluding hydrogens is 376 g/mol. The zero-order valence-corrected chi connectivity index (χ0v) is 16.9. The van der Waals surface area contributed by atoms with Gasteiger partial charge >= 0.3 is 5.97 Å². The second kappa shape index (κ2) is 9.94. The van der Waals surface area contributed by atoms with Crippen molar-refractivity contribution < 1.29 is 19.5 Å². The summed E-state index contributed by atoms with van der Waals surface area (Å²) in [5.41, 5.74) is 2.14. The van der Waals surface area contributed by atoms with Gasteiger partial charge in [-0.3, -0.25) is 9.59 Å². The van der Waals surface area contributed by atoms with E-state index in [1.165, 1.54) is 23.9 Å². The quantitative estimate of drug-likeness (QED) is 0.565. The number of carboxylic acid groups (broad SMARTS) is 1. The highest BCUT2D eigenvalue weighted by atomic mass is 32.2. The number of hydrogen-bond acceptors (Lipinski definition) is 4. The summed E-state index contributed by atoms with van der Waals surface area (Å²) in [4.78, 5) is 36.1. The van der Waals surface area contributed by atoms with Crippen molar-refractivity contribution in [1.29, 1.82) is 0 Å². The van der Waals surface area contributed by atoms with E-state index in [-0.39, 0.29) is 22.6 Å². The third kappa shape index (κ3) is 6.13. The minimum atomic E-state index is -1.04. The lowest BCUT2D eigenvalue weighted by atomic mass is 10.1. The fourth-order valence-corrected chi connectivity index (χ4v) is 3.32. The van der Waals surface area contributed by atoms with Gasteiger partial charge in [-0.2, -0.15) is 0 Å². The third-order valence-corrected chi connectivity index (χ3v) is 5.15. The highest BCUT2D eigenvalue weighted by molar-refractivity contribution is 8.00. The molecule has 0 aliphatic rings. The standard InChI is InChI=1S/C21H24N2O4S/c1-4-5-19(24)22-16-8-10-17(11-9-16)28-14(3)20(25)23-18-12-15(21(26)27)7-6-13(18)2/h6-12,14H,4-5H2,1-3H3,(H,22,24)(H,23,25)(H,26,27). The zero-order valence-electron chi connectivity index (χ0n) is 16.1. The largest absolute Gasteiger partial charge is 0.478 e. The third-order valence-electron chi connectivity index (χ3n) is 4.04. The molecule has 1 atom stereocenters. The van der Waals surface area contributed by atoms with E-state index in [2.05, 4.69) is 10.6 Å². The van der Waals surface area contributed by atoms with E-state index in [0.29, 0.717) is 12.1 Å². The average Bonchev–Trinajstić information content (AvgIpc) is 2.65. The van der Waals surface area contributed by atoms with Gasteiger partial charge in [-0.25, -0.2) is 4.79 Å². The number of benzene rings is 2. The Labute approximate surface area is 168 Å². The first kappa shape index (κ1) is 21.5. The Kier molecular flexibility index (Phi) is 7.63. The Morgan fingerprint density at radius 2 is 1.75 bits per heavy atom. The average molecular weight is 401 g/mol. The summed E-state index contributed by atoms with van der Waals surface area (Å²) in [5, 5.41) is 14.3. The van der Waals surface area contributed by atoms with Gasteiger partial charge in [0, 0.05) is 22.7 Å². The van der Waals surface area contributed by atoms with Crippen LogP contribution in [0.5, 0.6) is 0 Å². The Hall–Kier alpha value is -2.80. The van der Waals surface area contributed by atoms with Crippen molar-refractivity contribution >= 4 is 40.9 Å². The number of thioether (sulfide) groups is 1. The zero-order chi connectivity index (χ0) is 20.7. The first-order valence-electron chi connectivity index (χ1n) is 9.01. The van der Waals surface area contributed by atoms with E-state index in [0.717, 1.165) is 22.6 Å². The number of carbonyl (C=O) groups is 3. The van der Waals surface area contributed by atoms with Crippen molar-refractivity contribution in [3.05, 3.63) is 53.6 Å². The Morgan fingerprint density at radius 3 is 2.36 bits per heavy atom. The Balaban J connectivity index is 1.98. The van der Waals surface area contributed by atoms with Gasteiger partial charge in [0.25, 0.3) is 0 Å². The summed E-state index contributed by atoms with van der Waals surface area (Å²) in [6, 6.07) is 12.0. The Morgan fingerprint density at radius 1 is 1.07 bits per heavy atom. The molecule has 0 fully saturated rings. The smallest absolute Gasteiger partial charge is 0.335 e. The number of amides is 2. The van der Waals surface area contributed by atoms with E-state index in [4.69, 9.17) is 5.11 Å². The molecule has 0 aliphatic carbocycles. The molecule has 28 heavy (non-hydrogen) atoms. The van der Waals surface area contributed by atoms with Crippen LogP contribution >= 0.6 is 11.8 Å². The molecule has 1 unspecified atom stereocenters. The van der Waals surface area contributed by atoms with E-state index in [1.807, 2.05) is 26.0 Å². The summed E-state index contributed by atoms with van der Waals surface area (Å²) >= 11 is 1.38. The molecule has 2 rings (SSSR count). The van der Waals surface area contributed by atoms with Crippen LogP contribution in [0.2, 0.25) is 0 Å². The summed E-state index contributed by atoms with van der Waals surface area (Å²) in [6.45, 7) is 5.54. The van der Waals surface area contributed by atoms with Crippen LogP contribution in [0.15, 0.2) is 47.4 Å². The van der Waals surface area contributed by atoms with Crippen molar-refractivity contribution in [1.82, 2.24) is 0 Å². The molecule has 148 valence electrons. The lowest BCUT2D eigenvalue weighted by Gasteiger charge is -2.14. The maximum Gasteiger partial charge on any atom is 0.335 e. The number of aryl methyl sites for hydroxylation is 1. The van der Waals surface area contributed by atoms with Crippen LogP contribution in [-0.4, -0.2) is 28.1 Å². The van der Waals surface area contributed by atoms with Crippen LogP contribution in [0.4, 0.5) is 11.4 Å². The van der Waals surface area contributed by atoms with Crippen LogP contribution < -0.4 is 10.6 Å². The summed E-state index contributed by atoms with van der Waals surface area (Å²) < 4.78 is 0. The van der Waals surface area contributed by atoms with E-state index >= 15 is 0 Å². The molecule has 3 N–H and O–H groups in total. The second-order valence-electron chi connectivity index (χ2n) is 6.41. The van der Waals surface area contributed by atoms with E-state index < -0.39 is 5.97 Å². The van der Waals surface area contributed by atoms with Crippen molar-refractivity contribution in [2.75, 3.05) is 10.6 Å². The van der Waals surface area contributed by atoms with E-state index in [1.54, 1.807) is 25.1 Å².